The van der Waals surface area contributed by atoms with E-state index in [9.17, 15) is 9.59 Å². The molecule has 1 aromatic carbocycles. The molecule has 0 radical (unpaired) electrons. The molecule has 20 heavy (non-hydrogen) atoms. The van der Waals surface area contributed by atoms with Gasteiger partial charge < -0.3 is 14.5 Å². The molecule has 0 saturated heterocycles. The van der Waals surface area contributed by atoms with Crippen molar-refractivity contribution in [3.05, 3.63) is 46.8 Å². The van der Waals surface area contributed by atoms with E-state index < -0.39 is 11.9 Å². The first-order chi connectivity index (χ1) is 9.38. The van der Waals surface area contributed by atoms with Crippen LogP contribution >= 0.6 is 0 Å². The van der Waals surface area contributed by atoms with Crippen LogP contribution in [0.15, 0.2) is 28.8 Å². The van der Waals surface area contributed by atoms with Gasteiger partial charge >= 0.3 is 5.97 Å². The maximum Gasteiger partial charge on any atom is 0.374 e. The SMILES string of the molecule is Cc1cc(C)cc(N(C)C(=O)c2cc(C(=O)O)on2)c1. The molecule has 1 N–H and O–H groups in total. The molecule has 2 aromatic rings. The van der Waals surface area contributed by atoms with E-state index in [1.165, 1.54) is 4.90 Å². The van der Waals surface area contributed by atoms with Gasteiger partial charge in [-0.05, 0) is 37.1 Å². The molecule has 0 aliphatic rings. The lowest BCUT2D eigenvalue weighted by Crippen LogP contribution is -2.26. The Labute approximate surface area is 115 Å². The highest BCUT2D eigenvalue weighted by Gasteiger charge is 2.20. The molecule has 2 rings (SSSR count). The number of amides is 1. The van der Waals surface area contributed by atoms with Gasteiger partial charge in [0.1, 0.15) is 0 Å². The number of rotatable bonds is 3. The first kappa shape index (κ1) is 13.8. The van der Waals surface area contributed by atoms with Gasteiger partial charge in [-0.25, -0.2) is 4.79 Å². The smallest absolute Gasteiger partial charge is 0.374 e. The maximum absolute atomic E-state index is 12.2. The summed E-state index contributed by atoms with van der Waals surface area (Å²) in [6.45, 7) is 3.88. The summed E-state index contributed by atoms with van der Waals surface area (Å²) in [5, 5.41) is 12.2. The average molecular weight is 274 g/mol. The van der Waals surface area contributed by atoms with Crippen molar-refractivity contribution in [3.8, 4) is 0 Å². The molecule has 6 nitrogen and oxygen atoms in total. The molecule has 0 spiro atoms. The maximum atomic E-state index is 12.2. The van der Waals surface area contributed by atoms with Crippen molar-refractivity contribution in [1.29, 1.82) is 0 Å². The first-order valence-electron chi connectivity index (χ1n) is 5.95. The Hall–Kier alpha value is -2.63. The van der Waals surface area contributed by atoms with Crippen LogP contribution in [0, 0.1) is 13.8 Å². The molecule has 6 heteroatoms. The van der Waals surface area contributed by atoms with E-state index in [4.69, 9.17) is 5.11 Å². The number of benzene rings is 1. The van der Waals surface area contributed by atoms with Gasteiger partial charge in [0.2, 0.25) is 5.76 Å². The minimum absolute atomic E-state index is 0.0379. The predicted molar refractivity (Wildman–Crippen MR) is 72.1 cm³/mol. The number of nitrogens with zero attached hydrogens (tertiary/aromatic N) is 2. The molecule has 104 valence electrons. The standard InChI is InChI=1S/C14H14N2O4/c1-8-4-9(2)6-10(5-8)16(3)13(17)11-7-12(14(18)19)20-15-11/h4-7H,1-3H3,(H,18,19). The summed E-state index contributed by atoms with van der Waals surface area (Å²) in [7, 11) is 1.60. The molecule has 0 aliphatic carbocycles. The zero-order chi connectivity index (χ0) is 14.9. The van der Waals surface area contributed by atoms with Crippen LogP contribution in [-0.4, -0.2) is 29.2 Å². The van der Waals surface area contributed by atoms with E-state index in [0.29, 0.717) is 5.69 Å². The van der Waals surface area contributed by atoms with Crippen molar-refractivity contribution >= 4 is 17.6 Å². The highest BCUT2D eigenvalue weighted by molar-refractivity contribution is 6.05. The van der Waals surface area contributed by atoms with Crippen molar-refractivity contribution in [2.45, 2.75) is 13.8 Å². The van der Waals surface area contributed by atoms with E-state index in [2.05, 4.69) is 9.68 Å². The average Bonchev–Trinajstić information content (AvgIpc) is 2.85. The van der Waals surface area contributed by atoms with Gasteiger partial charge in [0.25, 0.3) is 5.91 Å². The van der Waals surface area contributed by atoms with Crippen LogP contribution in [0.5, 0.6) is 0 Å². The normalized spacial score (nSPS) is 10.3. The van der Waals surface area contributed by atoms with Crippen molar-refractivity contribution in [1.82, 2.24) is 5.16 Å². The van der Waals surface area contributed by atoms with Crippen molar-refractivity contribution < 1.29 is 19.2 Å². The topological polar surface area (TPSA) is 83.6 Å². The molecule has 0 atom stereocenters. The van der Waals surface area contributed by atoms with Gasteiger partial charge in [0.05, 0.1) is 0 Å². The lowest BCUT2D eigenvalue weighted by atomic mass is 10.1. The van der Waals surface area contributed by atoms with Gasteiger partial charge in [0, 0.05) is 18.8 Å². The number of aryl methyl sites for hydroxylation is 2. The van der Waals surface area contributed by atoms with Crippen LogP contribution in [0.2, 0.25) is 0 Å². The molecule has 0 bridgehead atoms. The molecule has 1 heterocycles. The number of anilines is 1. The number of carboxylic acids is 1. The Morgan fingerprint density at radius 3 is 2.25 bits per heavy atom. The Balaban J connectivity index is 2.29. The highest BCUT2D eigenvalue weighted by atomic mass is 16.5. The van der Waals surface area contributed by atoms with E-state index in [1.54, 1.807) is 7.05 Å². The van der Waals surface area contributed by atoms with Crippen LogP contribution < -0.4 is 4.90 Å². The molecule has 0 fully saturated rings. The Morgan fingerprint density at radius 2 is 1.75 bits per heavy atom. The second-order valence-corrected chi connectivity index (χ2v) is 4.59. The van der Waals surface area contributed by atoms with Gasteiger partial charge in [-0.1, -0.05) is 11.2 Å². The Morgan fingerprint density at radius 1 is 1.15 bits per heavy atom. The summed E-state index contributed by atoms with van der Waals surface area (Å²) < 4.78 is 4.58. The van der Waals surface area contributed by atoms with Gasteiger partial charge in [0.15, 0.2) is 5.69 Å². The van der Waals surface area contributed by atoms with Gasteiger partial charge in [-0.15, -0.1) is 0 Å². The number of hydrogen-bond donors (Lipinski definition) is 1. The van der Waals surface area contributed by atoms with Gasteiger partial charge in [-0.3, -0.25) is 4.79 Å². The van der Waals surface area contributed by atoms with E-state index >= 15 is 0 Å². The van der Waals surface area contributed by atoms with Crippen molar-refractivity contribution in [3.63, 3.8) is 0 Å². The number of carbonyl (C=O) groups is 2. The zero-order valence-electron chi connectivity index (χ0n) is 11.4. The second-order valence-electron chi connectivity index (χ2n) is 4.59. The molecule has 0 saturated carbocycles. The van der Waals surface area contributed by atoms with Crippen LogP contribution in [0.3, 0.4) is 0 Å². The summed E-state index contributed by atoms with van der Waals surface area (Å²) in [5.41, 5.74) is 2.74. The summed E-state index contributed by atoms with van der Waals surface area (Å²) >= 11 is 0. The monoisotopic (exact) mass is 274 g/mol. The predicted octanol–water partition coefficient (Wildman–Crippen LogP) is 2.27. The lowest BCUT2D eigenvalue weighted by Gasteiger charge is -2.17. The Kier molecular flexibility index (Phi) is 3.56. The van der Waals surface area contributed by atoms with Crippen molar-refractivity contribution in [2.24, 2.45) is 0 Å². The fourth-order valence-electron chi connectivity index (χ4n) is 1.91. The van der Waals surface area contributed by atoms with Crippen LogP contribution in [0.25, 0.3) is 0 Å². The third kappa shape index (κ3) is 2.69. The van der Waals surface area contributed by atoms with Crippen LogP contribution in [-0.2, 0) is 0 Å². The summed E-state index contributed by atoms with van der Waals surface area (Å²) in [5.74, 6) is -2.04. The molecular weight excluding hydrogens is 260 g/mol. The quantitative estimate of drug-likeness (QED) is 0.928. The number of aromatic carboxylic acids is 1. The minimum Gasteiger partial charge on any atom is -0.475 e. The van der Waals surface area contributed by atoms with E-state index in [0.717, 1.165) is 17.2 Å². The zero-order valence-corrected chi connectivity index (χ0v) is 11.4. The number of aromatic nitrogens is 1. The molecule has 0 aliphatic heterocycles. The first-order valence-corrected chi connectivity index (χ1v) is 5.95. The molecule has 0 unspecified atom stereocenters. The lowest BCUT2D eigenvalue weighted by molar-refractivity contribution is 0.0651. The number of carboxylic acid groups (broad SMARTS) is 1. The third-order valence-electron chi connectivity index (χ3n) is 2.84. The molecular formula is C14H14N2O4. The fourth-order valence-corrected chi connectivity index (χ4v) is 1.91. The fraction of sp³-hybridized carbons (Fsp3) is 0.214. The minimum atomic E-state index is -1.26. The number of carbonyl (C=O) groups excluding carboxylic acids is 1. The highest BCUT2D eigenvalue weighted by Crippen LogP contribution is 2.19. The number of hydrogen-bond acceptors (Lipinski definition) is 4. The third-order valence-corrected chi connectivity index (χ3v) is 2.84. The Bertz CT molecular complexity index is 655. The largest absolute Gasteiger partial charge is 0.475 e. The molecule has 1 amide bonds. The van der Waals surface area contributed by atoms with Gasteiger partial charge in [-0.2, -0.15) is 0 Å². The summed E-state index contributed by atoms with van der Waals surface area (Å²) in [6, 6.07) is 6.84. The van der Waals surface area contributed by atoms with E-state index in [-0.39, 0.29) is 11.5 Å². The van der Waals surface area contributed by atoms with Crippen LogP contribution in [0.1, 0.15) is 32.2 Å². The summed E-state index contributed by atoms with van der Waals surface area (Å²) in [6.07, 6.45) is 0. The molecule has 1 aromatic heterocycles. The van der Waals surface area contributed by atoms with E-state index in [1.807, 2.05) is 32.0 Å². The van der Waals surface area contributed by atoms with Crippen LogP contribution in [0.4, 0.5) is 5.69 Å². The second kappa shape index (κ2) is 5.16. The van der Waals surface area contributed by atoms with Crippen molar-refractivity contribution in [2.75, 3.05) is 11.9 Å². The summed E-state index contributed by atoms with van der Waals surface area (Å²) in [4.78, 5) is 24.3.